The van der Waals surface area contributed by atoms with Crippen molar-refractivity contribution >= 4 is 55.6 Å². The van der Waals surface area contributed by atoms with Crippen LogP contribution in [0, 0.1) is 0 Å². The highest BCUT2D eigenvalue weighted by molar-refractivity contribution is 9.11. The van der Waals surface area contributed by atoms with Gasteiger partial charge < -0.3 is 26.2 Å². The van der Waals surface area contributed by atoms with Gasteiger partial charge in [-0.2, -0.15) is 0 Å². The van der Waals surface area contributed by atoms with Crippen LogP contribution in [0.4, 0.5) is 0 Å². The van der Waals surface area contributed by atoms with Gasteiger partial charge in [0.15, 0.2) is 0 Å². The Morgan fingerprint density at radius 2 is 1.33 bits per heavy atom. The maximum atomic E-state index is 11.9. The highest BCUT2D eigenvalue weighted by Crippen LogP contribution is 2.33. The van der Waals surface area contributed by atoms with Gasteiger partial charge in [-0.1, -0.05) is 0 Å². The zero-order chi connectivity index (χ0) is 18.3. The molecule has 0 atom stereocenters. The number of hydrogen-bond donors (Lipinski definition) is 5. The van der Waals surface area contributed by atoms with Crippen molar-refractivity contribution in [2.45, 2.75) is 0 Å². The summed E-state index contributed by atoms with van der Waals surface area (Å²) in [5, 5.41) is 24.6. The Morgan fingerprint density at radius 3 is 1.83 bits per heavy atom. The van der Waals surface area contributed by atoms with Crippen LogP contribution in [0.1, 0.15) is 10.4 Å². The topological polar surface area (TPSA) is 145 Å². The minimum atomic E-state index is -1.20. The first-order valence-corrected chi connectivity index (χ1v) is 8.00. The number of hydrogen-bond acceptors (Lipinski definition) is 5. The van der Waals surface area contributed by atoms with E-state index in [1.807, 2.05) is 0 Å². The predicted molar refractivity (Wildman–Crippen MR) is 89.5 cm³/mol. The fourth-order valence-electron chi connectivity index (χ4n) is 1.44. The maximum Gasteiger partial charge on any atom is 0.322 e. The van der Waals surface area contributed by atoms with Gasteiger partial charge >= 0.3 is 5.97 Å². The van der Waals surface area contributed by atoms with Crippen molar-refractivity contribution in [2.75, 3.05) is 19.6 Å². The maximum absolute atomic E-state index is 11.9. The molecule has 0 spiro atoms. The Bertz CT molecular complexity index is 657. The number of rotatable bonds is 7. The second-order valence-corrected chi connectivity index (χ2v) is 6.13. The molecule has 1 rings (SSSR count). The number of carboxylic acids is 1. The molecule has 0 aliphatic heterocycles. The molecule has 130 valence electrons. The number of carbonyl (C=O) groups is 4. The third-order valence-electron chi connectivity index (χ3n) is 2.57. The van der Waals surface area contributed by atoms with Crippen LogP contribution in [0.3, 0.4) is 0 Å². The summed E-state index contributed by atoms with van der Waals surface area (Å²) in [6.07, 6.45) is 0. The molecule has 0 unspecified atom stereocenters. The van der Waals surface area contributed by atoms with Crippen molar-refractivity contribution in [1.82, 2.24) is 16.0 Å². The minimum Gasteiger partial charge on any atom is -0.506 e. The molecule has 0 bridgehead atoms. The Hall–Kier alpha value is -2.14. The molecule has 0 heterocycles. The van der Waals surface area contributed by atoms with E-state index in [0.717, 1.165) is 0 Å². The first kappa shape index (κ1) is 19.9. The van der Waals surface area contributed by atoms with E-state index >= 15 is 0 Å². The molecular weight excluding hydrogens is 454 g/mol. The fourth-order valence-corrected chi connectivity index (χ4v) is 2.62. The van der Waals surface area contributed by atoms with Crippen LogP contribution in [0.15, 0.2) is 21.1 Å². The molecule has 0 aliphatic rings. The largest absolute Gasteiger partial charge is 0.506 e. The van der Waals surface area contributed by atoms with Crippen LogP contribution >= 0.6 is 31.9 Å². The van der Waals surface area contributed by atoms with Crippen molar-refractivity contribution in [3.05, 3.63) is 26.6 Å². The summed E-state index contributed by atoms with van der Waals surface area (Å²) in [5.74, 6) is -3.10. The number of phenolic OH excluding ortho intramolecular Hbond substituents is 1. The van der Waals surface area contributed by atoms with E-state index < -0.39 is 36.8 Å². The standard InChI is InChI=1S/C13H13Br2N3O6/c14-7-1-6(2-8(15)12(7)23)13(24)18-4-10(20)16-3-9(19)17-5-11(21)22/h1-2,23H,3-5H2,(H,16,20)(H,17,19)(H,18,24)(H,21,22). The normalized spacial score (nSPS) is 9.92. The lowest BCUT2D eigenvalue weighted by molar-refractivity contribution is -0.137. The summed E-state index contributed by atoms with van der Waals surface area (Å²) in [6.45, 7) is -1.32. The molecule has 1 aromatic rings. The summed E-state index contributed by atoms with van der Waals surface area (Å²) in [5.41, 5.74) is 0.207. The van der Waals surface area contributed by atoms with Crippen molar-refractivity contribution in [1.29, 1.82) is 0 Å². The van der Waals surface area contributed by atoms with Crippen LogP contribution in [0.5, 0.6) is 5.75 Å². The predicted octanol–water partition coefficient (Wildman–Crippen LogP) is -0.0360. The molecule has 0 aliphatic carbocycles. The third kappa shape index (κ3) is 6.54. The molecule has 1 aromatic carbocycles. The molecule has 0 aromatic heterocycles. The average Bonchev–Trinajstić information content (AvgIpc) is 2.53. The van der Waals surface area contributed by atoms with Gasteiger partial charge in [0.25, 0.3) is 5.91 Å². The van der Waals surface area contributed by atoms with E-state index in [0.29, 0.717) is 8.95 Å². The molecule has 0 saturated heterocycles. The van der Waals surface area contributed by atoms with Crippen LogP contribution in [-0.4, -0.2) is 53.5 Å². The summed E-state index contributed by atoms with van der Waals surface area (Å²) < 4.78 is 0.614. The summed E-state index contributed by atoms with van der Waals surface area (Å²) in [6, 6.07) is 2.76. The van der Waals surface area contributed by atoms with Crippen molar-refractivity contribution in [3.63, 3.8) is 0 Å². The number of phenols is 1. The number of aliphatic carboxylic acids is 1. The van der Waals surface area contributed by atoms with E-state index in [9.17, 15) is 24.3 Å². The number of amides is 3. The summed E-state index contributed by atoms with van der Waals surface area (Å²) >= 11 is 6.17. The Balaban J connectivity index is 2.43. The minimum absolute atomic E-state index is 0.0586. The van der Waals surface area contributed by atoms with E-state index in [2.05, 4.69) is 47.8 Å². The number of carboxylic acid groups (broad SMARTS) is 1. The molecule has 0 radical (unpaired) electrons. The number of carbonyl (C=O) groups excluding carboxylic acids is 3. The van der Waals surface area contributed by atoms with E-state index in [1.54, 1.807) is 0 Å². The lowest BCUT2D eigenvalue weighted by Crippen LogP contribution is -2.42. The molecule has 0 fully saturated rings. The van der Waals surface area contributed by atoms with Crippen molar-refractivity contribution in [2.24, 2.45) is 0 Å². The SMILES string of the molecule is O=C(O)CNC(=O)CNC(=O)CNC(=O)c1cc(Br)c(O)c(Br)c1. The van der Waals surface area contributed by atoms with Crippen LogP contribution in [0.25, 0.3) is 0 Å². The first-order valence-electron chi connectivity index (χ1n) is 6.42. The number of aromatic hydroxyl groups is 1. The molecule has 0 saturated carbocycles. The smallest absolute Gasteiger partial charge is 0.322 e. The Morgan fingerprint density at radius 1 is 0.875 bits per heavy atom. The Kier molecular flexibility index (Phi) is 7.65. The van der Waals surface area contributed by atoms with E-state index in [-0.39, 0.29) is 17.9 Å². The summed E-state index contributed by atoms with van der Waals surface area (Å²) in [4.78, 5) is 44.9. The monoisotopic (exact) mass is 465 g/mol. The third-order valence-corrected chi connectivity index (χ3v) is 3.78. The van der Waals surface area contributed by atoms with Crippen LogP contribution in [0.2, 0.25) is 0 Å². The second-order valence-electron chi connectivity index (χ2n) is 4.42. The zero-order valence-electron chi connectivity index (χ0n) is 12.1. The van der Waals surface area contributed by atoms with Gasteiger partial charge in [0.1, 0.15) is 12.3 Å². The molecule has 3 amide bonds. The van der Waals surface area contributed by atoms with Gasteiger partial charge in [-0.25, -0.2) is 0 Å². The molecular formula is C13H13Br2N3O6. The first-order chi connectivity index (χ1) is 11.2. The highest BCUT2D eigenvalue weighted by atomic mass is 79.9. The number of nitrogens with one attached hydrogen (secondary N) is 3. The Labute approximate surface area is 153 Å². The fraction of sp³-hybridized carbons (Fsp3) is 0.231. The van der Waals surface area contributed by atoms with Gasteiger partial charge in [0.2, 0.25) is 11.8 Å². The van der Waals surface area contributed by atoms with Crippen molar-refractivity contribution in [3.8, 4) is 5.75 Å². The molecule has 5 N–H and O–H groups in total. The molecule has 11 heteroatoms. The number of halogens is 2. The average molecular weight is 467 g/mol. The quantitative estimate of drug-likeness (QED) is 0.381. The van der Waals surface area contributed by atoms with Crippen LogP contribution < -0.4 is 16.0 Å². The van der Waals surface area contributed by atoms with Crippen LogP contribution in [-0.2, 0) is 14.4 Å². The molecule has 24 heavy (non-hydrogen) atoms. The highest BCUT2D eigenvalue weighted by Gasteiger charge is 2.13. The van der Waals surface area contributed by atoms with Crippen molar-refractivity contribution < 1.29 is 29.4 Å². The lowest BCUT2D eigenvalue weighted by Gasteiger charge is -2.08. The second kappa shape index (κ2) is 9.23. The van der Waals surface area contributed by atoms with Gasteiger partial charge in [-0.3, -0.25) is 19.2 Å². The van der Waals surface area contributed by atoms with Gasteiger partial charge in [0.05, 0.1) is 22.0 Å². The van der Waals surface area contributed by atoms with E-state index in [1.165, 1.54) is 12.1 Å². The lowest BCUT2D eigenvalue weighted by atomic mass is 10.2. The number of benzene rings is 1. The van der Waals surface area contributed by atoms with Gasteiger partial charge in [0, 0.05) is 5.56 Å². The van der Waals surface area contributed by atoms with E-state index in [4.69, 9.17) is 5.11 Å². The van der Waals surface area contributed by atoms with Gasteiger partial charge in [-0.05, 0) is 44.0 Å². The zero-order valence-corrected chi connectivity index (χ0v) is 15.2. The summed E-state index contributed by atoms with van der Waals surface area (Å²) in [7, 11) is 0. The molecule has 9 nitrogen and oxygen atoms in total. The van der Waals surface area contributed by atoms with Gasteiger partial charge in [-0.15, -0.1) is 0 Å².